The van der Waals surface area contributed by atoms with Gasteiger partial charge in [-0.15, -0.1) is 0 Å². The molecule has 166 valence electrons. The minimum Gasteiger partial charge on any atom is -0.194 e. The summed E-state index contributed by atoms with van der Waals surface area (Å²) in [5.74, 6) is -8.61. The van der Waals surface area contributed by atoms with E-state index in [0.29, 0.717) is 0 Å². The van der Waals surface area contributed by atoms with E-state index in [1.165, 1.54) is 0 Å². The summed E-state index contributed by atoms with van der Waals surface area (Å²) >= 11 is 0. The largest absolute Gasteiger partial charge is 0.339 e. The van der Waals surface area contributed by atoms with Gasteiger partial charge in [0, 0.05) is 11.1 Å². The summed E-state index contributed by atoms with van der Waals surface area (Å²) in [5.41, 5.74) is 0.0284. The quantitative estimate of drug-likeness (QED) is 0.354. The predicted octanol–water partition coefficient (Wildman–Crippen LogP) is 8.73. The van der Waals surface area contributed by atoms with E-state index in [1.807, 2.05) is 27.7 Å². The number of hydrogen-bond acceptors (Lipinski definition) is 0. The maximum atomic E-state index is 14.9. The van der Waals surface area contributed by atoms with Crippen molar-refractivity contribution in [3.05, 3.63) is 70.8 Å². The maximum absolute atomic E-state index is 14.9. The Morgan fingerprint density at radius 2 is 0.733 bits per heavy atom. The molecule has 30 heavy (non-hydrogen) atoms. The van der Waals surface area contributed by atoms with Gasteiger partial charge in [0.25, 0.3) is 0 Å². The van der Waals surface area contributed by atoms with Crippen molar-refractivity contribution < 1.29 is 17.6 Å². The molecule has 2 aromatic carbocycles. The molecule has 0 amide bonds. The molecular weight excluding hydrogens is 388 g/mol. The lowest BCUT2D eigenvalue weighted by Gasteiger charge is -2.30. The van der Waals surface area contributed by atoms with Crippen molar-refractivity contribution in [1.29, 1.82) is 0 Å². The van der Waals surface area contributed by atoms with E-state index in [2.05, 4.69) is 13.8 Å². The molecule has 0 unspecified atom stereocenters. The van der Waals surface area contributed by atoms with Crippen molar-refractivity contribution >= 4 is 0 Å². The smallest absolute Gasteiger partial charge is 0.194 e. The average molecular weight is 423 g/mol. The van der Waals surface area contributed by atoms with Crippen LogP contribution in [-0.2, 0) is 22.7 Å². The lowest BCUT2D eigenvalue weighted by molar-refractivity contribution is -0.223. The first kappa shape index (κ1) is 24.4. The van der Waals surface area contributed by atoms with Crippen molar-refractivity contribution in [3.63, 3.8) is 0 Å². The van der Waals surface area contributed by atoms with Gasteiger partial charge in [-0.05, 0) is 34.8 Å². The Balaban J connectivity index is 2.34. The van der Waals surface area contributed by atoms with Gasteiger partial charge in [-0.2, -0.15) is 17.6 Å². The Labute approximate surface area is 178 Å². The molecule has 0 saturated carbocycles. The fourth-order valence-corrected chi connectivity index (χ4v) is 4.16. The van der Waals surface area contributed by atoms with Gasteiger partial charge in [0.1, 0.15) is 0 Å². The fraction of sp³-hybridized carbons (Fsp3) is 0.538. The van der Waals surface area contributed by atoms with E-state index in [4.69, 9.17) is 0 Å². The first-order valence-electron chi connectivity index (χ1n) is 10.8. The predicted molar refractivity (Wildman–Crippen MR) is 117 cm³/mol. The van der Waals surface area contributed by atoms with Crippen LogP contribution >= 0.6 is 0 Å². The Morgan fingerprint density at radius 3 is 0.967 bits per heavy atom. The van der Waals surface area contributed by atoms with Gasteiger partial charge in [-0.3, -0.25) is 0 Å². The summed E-state index contributed by atoms with van der Waals surface area (Å²) in [4.78, 5) is 0. The molecule has 0 heterocycles. The lowest BCUT2D eigenvalue weighted by Crippen LogP contribution is -2.35. The number of alkyl halides is 4. The van der Waals surface area contributed by atoms with Crippen molar-refractivity contribution in [2.24, 2.45) is 0 Å². The molecule has 0 N–H and O–H groups in total. The third-order valence-electron chi connectivity index (χ3n) is 6.20. The minimum absolute atomic E-state index is 0.188. The molecule has 0 nitrogen and oxygen atoms in total. The van der Waals surface area contributed by atoms with E-state index >= 15 is 0 Å². The topological polar surface area (TPSA) is 0 Å². The molecule has 0 radical (unpaired) electrons. The van der Waals surface area contributed by atoms with Gasteiger partial charge >= 0.3 is 11.8 Å². The Bertz CT molecular complexity index is 744. The SMILES string of the molecule is CCCC(C)(C)c1ccc(C(F)(F)C(F)(F)c2ccc(C(C)(C)CCC)cc2)cc1. The first-order chi connectivity index (χ1) is 13.8. The summed E-state index contributed by atoms with van der Waals surface area (Å²) in [5, 5.41) is 0. The van der Waals surface area contributed by atoms with Crippen LogP contribution in [0.25, 0.3) is 0 Å². The second-order valence-electron chi connectivity index (χ2n) is 9.57. The van der Waals surface area contributed by atoms with Crippen molar-refractivity contribution in [1.82, 2.24) is 0 Å². The van der Waals surface area contributed by atoms with E-state index in [-0.39, 0.29) is 10.8 Å². The molecule has 2 aromatic rings. The van der Waals surface area contributed by atoms with E-state index in [1.54, 1.807) is 24.3 Å². The molecule has 0 fully saturated rings. The summed E-state index contributed by atoms with van der Waals surface area (Å²) in [6.07, 6.45) is 3.68. The monoisotopic (exact) mass is 422 g/mol. The zero-order chi connectivity index (χ0) is 22.8. The molecule has 4 heteroatoms. The Morgan fingerprint density at radius 1 is 0.500 bits per heavy atom. The minimum atomic E-state index is -4.30. The molecule has 0 aliphatic carbocycles. The first-order valence-corrected chi connectivity index (χ1v) is 10.8. The standard InChI is InChI=1S/C26H34F4/c1-7-17-23(3,4)19-9-13-21(14-10-19)25(27,28)26(29,30)22-15-11-20(12-16-22)24(5,6)18-8-2/h9-16H,7-8,17-18H2,1-6H3. The molecule has 0 aliphatic rings. The molecule has 0 aliphatic heterocycles. The van der Waals surface area contributed by atoms with Crippen molar-refractivity contribution in [3.8, 4) is 0 Å². The fourth-order valence-electron chi connectivity index (χ4n) is 4.16. The highest BCUT2D eigenvalue weighted by Gasteiger charge is 2.58. The van der Waals surface area contributed by atoms with E-state index < -0.39 is 23.0 Å². The second-order valence-corrected chi connectivity index (χ2v) is 9.57. The molecular formula is C26H34F4. The van der Waals surface area contributed by atoms with Gasteiger partial charge in [-0.1, -0.05) is 103 Å². The maximum Gasteiger partial charge on any atom is 0.339 e. The van der Waals surface area contributed by atoms with Crippen molar-refractivity contribution in [2.75, 3.05) is 0 Å². The normalized spacial score (nSPS) is 13.5. The summed E-state index contributed by atoms with van der Waals surface area (Å²) in [6.45, 7) is 12.2. The highest BCUT2D eigenvalue weighted by Crippen LogP contribution is 2.50. The van der Waals surface area contributed by atoms with Gasteiger partial charge in [0.15, 0.2) is 0 Å². The van der Waals surface area contributed by atoms with Gasteiger partial charge in [-0.25, -0.2) is 0 Å². The number of rotatable bonds is 9. The molecule has 0 saturated heterocycles. The van der Waals surface area contributed by atoms with Gasteiger partial charge in [0.05, 0.1) is 0 Å². The van der Waals surface area contributed by atoms with Crippen molar-refractivity contribution in [2.45, 2.75) is 89.9 Å². The Kier molecular flexibility index (Phi) is 7.10. The second kappa shape index (κ2) is 8.72. The van der Waals surface area contributed by atoms with Crippen LogP contribution in [0.5, 0.6) is 0 Å². The van der Waals surface area contributed by atoms with E-state index in [9.17, 15) is 17.6 Å². The van der Waals surface area contributed by atoms with E-state index in [0.717, 1.165) is 61.1 Å². The Hall–Kier alpha value is -1.84. The third kappa shape index (κ3) is 4.73. The molecule has 0 atom stereocenters. The van der Waals surface area contributed by atoms with Crippen LogP contribution in [0, 0.1) is 0 Å². The molecule has 0 bridgehead atoms. The lowest BCUT2D eigenvalue weighted by atomic mass is 9.79. The molecule has 2 rings (SSSR count). The molecule has 0 spiro atoms. The molecule has 0 aromatic heterocycles. The number of hydrogen-bond donors (Lipinski definition) is 0. The van der Waals surface area contributed by atoms with Crippen LogP contribution < -0.4 is 0 Å². The zero-order valence-corrected chi connectivity index (χ0v) is 19.0. The average Bonchev–Trinajstić information content (AvgIpc) is 2.68. The number of benzene rings is 2. The van der Waals surface area contributed by atoms with Crippen LogP contribution in [0.15, 0.2) is 48.5 Å². The zero-order valence-electron chi connectivity index (χ0n) is 19.0. The van der Waals surface area contributed by atoms with Crippen LogP contribution in [0.2, 0.25) is 0 Å². The highest BCUT2D eigenvalue weighted by atomic mass is 19.3. The number of halogens is 4. The van der Waals surface area contributed by atoms with Crippen LogP contribution in [-0.4, -0.2) is 0 Å². The van der Waals surface area contributed by atoms with Crippen LogP contribution in [0.1, 0.15) is 89.5 Å². The summed E-state index contributed by atoms with van der Waals surface area (Å²) in [6, 6.07) is 10.7. The third-order valence-corrected chi connectivity index (χ3v) is 6.20. The summed E-state index contributed by atoms with van der Waals surface area (Å²) in [7, 11) is 0. The van der Waals surface area contributed by atoms with Gasteiger partial charge < -0.3 is 0 Å². The van der Waals surface area contributed by atoms with Crippen LogP contribution in [0.3, 0.4) is 0 Å². The van der Waals surface area contributed by atoms with Gasteiger partial charge in [0.2, 0.25) is 0 Å². The van der Waals surface area contributed by atoms with Crippen LogP contribution in [0.4, 0.5) is 17.6 Å². The summed E-state index contributed by atoms with van der Waals surface area (Å²) < 4.78 is 59.6. The highest BCUT2D eigenvalue weighted by molar-refractivity contribution is 5.36.